The third-order valence-corrected chi connectivity index (χ3v) is 7.00. The fourth-order valence-corrected chi connectivity index (χ4v) is 4.70. The zero-order valence-corrected chi connectivity index (χ0v) is 28.5. The number of esters is 2. The first kappa shape index (κ1) is 38.2. The van der Waals surface area contributed by atoms with Gasteiger partial charge in [0.1, 0.15) is 16.0 Å². The lowest BCUT2D eigenvalue weighted by molar-refractivity contribution is -0.143. The Balaban J connectivity index is 0.000000266. The van der Waals surface area contributed by atoms with E-state index >= 15 is 0 Å². The number of rotatable bonds is 10. The number of nitrogens with zero attached hydrogens (tertiary/aromatic N) is 2. The number of pyridine rings is 2. The molecular weight excluding hydrogens is 757 g/mol. The van der Waals surface area contributed by atoms with Crippen molar-refractivity contribution in [1.82, 2.24) is 9.97 Å². The summed E-state index contributed by atoms with van der Waals surface area (Å²) in [5.74, 6) is -3.86. The van der Waals surface area contributed by atoms with Crippen LogP contribution in [0.3, 0.4) is 0 Å². The second kappa shape index (κ2) is 17.8. The molecule has 12 nitrogen and oxygen atoms in total. The molecule has 49 heavy (non-hydrogen) atoms. The minimum Gasteiger partial charge on any atom is -0.466 e. The van der Waals surface area contributed by atoms with E-state index < -0.39 is 53.3 Å². The number of benzene rings is 2. The van der Waals surface area contributed by atoms with Gasteiger partial charge in [0.05, 0.1) is 60.7 Å². The maximum Gasteiger partial charge on any atom is 0.311 e. The number of halogens is 5. The average Bonchev–Trinajstić information content (AvgIpc) is 3.04. The fourth-order valence-electron chi connectivity index (χ4n) is 3.89. The van der Waals surface area contributed by atoms with Crippen molar-refractivity contribution in [2.75, 3.05) is 13.2 Å². The highest BCUT2D eigenvalue weighted by molar-refractivity contribution is 9.10. The van der Waals surface area contributed by atoms with Crippen LogP contribution in [0.25, 0.3) is 0 Å². The van der Waals surface area contributed by atoms with Gasteiger partial charge in [-0.1, -0.05) is 23.2 Å². The first-order valence-corrected chi connectivity index (χ1v) is 15.4. The molecule has 0 fully saturated rings. The number of aromatic amines is 2. The number of aromatic nitrogens is 2. The largest absolute Gasteiger partial charge is 0.466 e. The summed E-state index contributed by atoms with van der Waals surface area (Å²) in [6.45, 7) is 3.49. The lowest BCUT2D eigenvalue weighted by Gasteiger charge is -2.12. The maximum atomic E-state index is 14.7. The molecule has 2 aromatic heterocycles. The molecule has 2 aromatic carbocycles. The molecule has 0 aliphatic heterocycles. The van der Waals surface area contributed by atoms with Crippen molar-refractivity contribution in [3.63, 3.8) is 0 Å². The number of hydrogen-bond acceptors (Lipinski definition) is 10. The number of nitrogens with one attached hydrogen (secondary N) is 2. The summed E-state index contributed by atoms with van der Waals surface area (Å²) < 4.78 is 49.0. The van der Waals surface area contributed by atoms with E-state index in [1.54, 1.807) is 13.8 Å². The molecule has 0 saturated heterocycles. The van der Waals surface area contributed by atoms with Gasteiger partial charge in [-0.25, -0.2) is 8.78 Å². The van der Waals surface area contributed by atoms with Crippen LogP contribution >= 0.6 is 39.1 Å². The Bertz CT molecular complexity index is 2090. The Kier molecular flexibility index (Phi) is 13.9. The van der Waals surface area contributed by atoms with E-state index in [0.717, 1.165) is 6.07 Å². The normalized spacial score (nSPS) is 10.1. The average molecular weight is 780 g/mol. The molecule has 2 N–H and O–H groups in total. The second-order valence-electron chi connectivity index (χ2n) is 9.42. The minimum absolute atomic E-state index is 0.0661. The van der Waals surface area contributed by atoms with Gasteiger partial charge in [-0.05, 0) is 66.2 Å². The van der Waals surface area contributed by atoms with Gasteiger partial charge < -0.3 is 28.9 Å². The molecular formula is C32H23BrCl2F2N4O8. The van der Waals surface area contributed by atoms with E-state index in [4.69, 9.17) is 52.7 Å². The minimum atomic E-state index is -0.932. The van der Waals surface area contributed by atoms with E-state index in [0.29, 0.717) is 0 Å². The van der Waals surface area contributed by atoms with Crippen LogP contribution in [0.2, 0.25) is 10.0 Å². The number of carbonyl (C=O) groups is 2. The smallest absolute Gasteiger partial charge is 0.311 e. The van der Waals surface area contributed by atoms with Crippen molar-refractivity contribution in [1.29, 1.82) is 10.5 Å². The summed E-state index contributed by atoms with van der Waals surface area (Å²) in [6, 6.07) is 12.9. The number of carbonyl (C=O) groups excluding carboxylic acids is 2. The Hall–Kier alpha value is -5.22. The Morgan fingerprint density at radius 3 is 1.76 bits per heavy atom. The lowest BCUT2D eigenvalue weighted by Crippen LogP contribution is -2.18. The zero-order valence-electron chi connectivity index (χ0n) is 25.4. The van der Waals surface area contributed by atoms with Crippen LogP contribution in [0.1, 0.15) is 36.4 Å². The monoisotopic (exact) mass is 778 g/mol. The molecule has 0 radical (unpaired) electrons. The first-order valence-electron chi connectivity index (χ1n) is 13.9. The molecule has 0 spiro atoms. The van der Waals surface area contributed by atoms with Crippen LogP contribution in [-0.4, -0.2) is 35.1 Å². The highest BCUT2D eigenvalue weighted by atomic mass is 79.9. The molecule has 0 bridgehead atoms. The van der Waals surface area contributed by atoms with Crippen LogP contribution in [0, 0.1) is 34.3 Å². The van der Waals surface area contributed by atoms with E-state index in [1.165, 1.54) is 36.4 Å². The summed E-state index contributed by atoms with van der Waals surface area (Å²) in [7, 11) is 0. The highest BCUT2D eigenvalue weighted by Crippen LogP contribution is 2.33. The number of hydrogen-bond donors (Lipinski definition) is 2. The van der Waals surface area contributed by atoms with Gasteiger partial charge in [0.15, 0.2) is 23.1 Å². The second-order valence-corrected chi connectivity index (χ2v) is 11.1. The molecule has 0 aliphatic rings. The summed E-state index contributed by atoms with van der Waals surface area (Å²) >= 11 is 14.7. The van der Waals surface area contributed by atoms with Gasteiger partial charge in [-0.3, -0.25) is 19.2 Å². The maximum absolute atomic E-state index is 14.7. The highest BCUT2D eigenvalue weighted by Gasteiger charge is 2.21. The summed E-state index contributed by atoms with van der Waals surface area (Å²) in [5.41, 5.74) is -1.43. The Morgan fingerprint density at radius 1 is 0.776 bits per heavy atom. The SMILES string of the molecule is CCOC(=O)Cc1[nH]c(=O)c(Br)c(Oc2cc(Cl)cc(C#N)c2)c1F.CCOC(=O)Cc1[nH]c(=O)cc(Oc2cc(Cl)cc(C#N)c2)c1F. The van der Waals surface area contributed by atoms with Crippen molar-refractivity contribution >= 4 is 51.1 Å². The molecule has 254 valence electrons. The predicted molar refractivity (Wildman–Crippen MR) is 175 cm³/mol. The van der Waals surface area contributed by atoms with E-state index in [-0.39, 0.29) is 67.5 Å². The van der Waals surface area contributed by atoms with Gasteiger partial charge in [0.25, 0.3) is 11.1 Å². The molecule has 4 aromatic rings. The summed E-state index contributed by atoms with van der Waals surface area (Å²) in [6.07, 6.45) is -0.900. The van der Waals surface area contributed by atoms with E-state index in [9.17, 15) is 28.0 Å². The van der Waals surface area contributed by atoms with Gasteiger partial charge in [-0.15, -0.1) is 0 Å². The van der Waals surface area contributed by atoms with Gasteiger partial charge in [0.2, 0.25) is 0 Å². The van der Waals surface area contributed by atoms with Crippen molar-refractivity contribution in [2.45, 2.75) is 26.7 Å². The molecule has 0 saturated carbocycles. The molecule has 2 heterocycles. The van der Waals surface area contributed by atoms with Crippen molar-refractivity contribution < 1.29 is 37.3 Å². The topological polar surface area (TPSA) is 184 Å². The van der Waals surface area contributed by atoms with Gasteiger partial charge in [-0.2, -0.15) is 10.5 Å². The van der Waals surface area contributed by atoms with Crippen LogP contribution in [-0.2, 0) is 31.9 Å². The predicted octanol–water partition coefficient (Wildman–Crippen LogP) is 6.64. The molecule has 4 rings (SSSR count). The van der Waals surface area contributed by atoms with Gasteiger partial charge in [0, 0.05) is 16.1 Å². The number of nitriles is 2. The Morgan fingerprint density at radius 2 is 1.27 bits per heavy atom. The van der Waals surface area contributed by atoms with Crippen LogP contribution in [0.15, 0.2) is 56.5 Å². The number of H-pyrrole nitrogens is 2. The zero-order chi connectivity index (χ0) is 36.2. The van der Waals surface area contributed by atoms with E-state index in [1.807, 2.05) is 12.1 Å². The van der Waals surface area contributed by atoms with Crippen molar-refractivity contribution in [2.24, 2.45) is 0 Å². The number of ether oxygens (including phenoxy) is 4. The molecule has 0 atom stereocenters. The molecule has 0 aliphatic carbocycles. The lowest BCUT2D eigenvalue weighted by atomic mass is 10.2. The van der Waals surface area contributed by atoms with E-state index in [2.05, 4.69) is 25.9 Å². The van der Waals surface area contributed by atoms with Crippen molar-refractivity contribution in [3.05, 3.63) is 112 Å². The van der Waals surface area contributed by atoms with Crippen molar-refractivity contribution in [3.8, 4) is 35.1 Å². The van der Waals surface area contributed by atoms with Crippen LogP contribution < -0.4 is 20.6 Å². The third kappa shape index (κ3) is 10.9. The summed E-state index contributed by atoms with van der Waals surface area (Å²) in [4.78, 5) is 51.1. The van der Waals surface area contributed by atoms with Crippen LogP contribution in [0.5, 0.6) is 23.0 Å². The standard InChI is InChI=1S/C16H11BrClFN2O4.C16H12ClFN2O4/c1-2-24-12(22)6-11-14(19)15(13(17)16(23)21-11)25-10-4-8(7-20)3-9(18)5-10;1-2-23-15(22)6-12-16(18)13(7-14(21)20-12)24-11-4-9(8-19)3-10(17)5-11/h3-5H,2,6H2,1H3,(H,21,23);3-5,7H,2,6H2,1H3,(H,20,21). The van der Waals surface area contributed by atoms with Gasteiger partial charge >= 0.3 is 11.9 Å². The van der Waals surface area contributed by atoms with Crippen LogP contribution in [0.4, 0.5) is 8.78 Å². The fraction of sp³-hybridized carbons (Fsp3) is 0.188. The molecule has 0 unspecified atom stereocenters. The summed E-state index contributed by atoms with van der Waals surface area (Å²) in [5, 5.41) is 18.3. The Labute approximate surface area is 294 Å². The molecule has 0 amide bonds. The third-order valence-electron chi connectivity index (χ3n) is 5.85. The first-order chi connectivity index (χ1) is 23.3. The molecule has 17 heteroatoms. The quantitative estimate of drug-likeness (QED) is 0.166.